The van der Waals surface area contributed by atoms with E-state index in [4.69, 9.17) is 22.1 Å². The van der Waals surface area contributed by atoms with Crippen molar-refractivity contribution in [1.82, 2.24) is 10.2 Å². The summed E-state index contributed by atoms with van der Waals surface area (Å²) in [6.07, 6.45) is -1.09. The van der Waals surface area contributed by atoms with Gasteiger partial charge in [0, 0.05) is 17.1 Å². The second-order valence-electron chi connectivity index (χ2n) is 6.88. The molecule has 0 saturated heterocycles. The first-order valence-corrected chi connectivity index (χ1v) is 9.23. The van der Waals surface area contributed by atoms with E-state index in [0.717, 1.165) is 0 Å². The normalized spacial score (nSPS) is 13.2. The maximum absolute atomic E-state index is 12.6. The number of rotatable bonds is 8. The van der Waals surface area contributed by atoms with Crippen molar-refractivity contribution >= 4 is 29.5 Å². The van der Waals surface area contributed by atoms with Gasteiger partial charge in [0.15, 0.2) is 6.10 Å². The molecule has 150 valence electrons. The largest absolute Gasteiger partial charge is 0.452 e. The molecule has 3 amide bonds. The first-order chi connectivity index (χ1) is 12.5. The van der Waals surface area contributed by atoms with Crippen LogP contribution in [0.3, 0.4) is 0 Å². The number of ether oxygens (including phenoxy) is 1. The van der Waals surface area contributed by atoms with Gasteiger partial charge in [0.2, 0.25) is 0 Å². The number of carbonyl (C=O) groups excluding carboxylic acids is 3. The Labute approximate surface area is 165 Å². The highest BCUT2D eigenvalue weighted by Gasteiger charge is 2.28. The van der Waals surface area contributed by atoms with Gasteiger partial charge in [0.05, 0.1) is 12.5 Å². The van der Waals surface area contributed by atoms with Crippen LogP contribution in [0.4, 0.5) is 4.79 Å². The summed E-state index contributed by atoms with van der Waals surface area (Å²) in [7, 11) is 0. The van der Waals surface area contributed by atoms with Crippen LogP contribution in [0.15, 0.2) is 24.3 Å². The Morgan fingerprint density at radius 3 is 2.04 bits per heavy atom. The minimum Gasteiger partial charge on any atom is -0.452 e. The van der Waals surface area contributed by atoms with Gasteiger partial charge in [-0.05, 0) is 52.3 Å². The molecule has 2 atom stereocenters. The monoisotopic (exact) mass is 397 g/mol. The van der Waals surface area contributed by atoms with E-state index in [1.165, 1.54) is 6.92 Å². The second kappa shape index (κ2) is 10.2. The summed E-state index contributed by atoms with van der Waals surface area (Å²) in [4.78, 5) is 37.9. The number of nitrogens with zero attached hydrogens (tertiary/aromatic N) is 1. The van der Waals surface area contributed by atoms with Gasteiger partial charge in [-0.1, -0.05) is 23.7 Å². The lowest BCUT2D eigenvalue weighted by Crippen LogP contribution is -2.47. The number of nitrogens with two attached hydrogens (primary N) is 1. The Balaban J connectivity index is 2.82. The minimum absolute atomic E-state index is 0.0167. The highest BCUT2D eigenvalue weighted by Crippen LogP contribution is 2.20. The van der Waals surface area contributed by atoms with Crippen molar-refractivity contribution in [1.29, 1.82) is 0 Å². The third kappa shape index (κ3) is 7.09. The molecular weight excluding hydrogens is 370 g/mol. The van der Waals surface area contributed by atoms with Crippen LogP contribution in [0.25, 0.3) is 0 Å². The first kappa shape index (κ1) is 22.8. The van der Waals surface area contributed by atoms with Crippen LogP contribution in [0.1, 0.15) is 52.6 Å². The quantitative estimate of drug-likeness (QED) is 0.658. The van der Waals surface area contributed by atoms with E-state index in [-0.39, 0.29) is 24.4 Å². The summed E-state index contributed by atoms with van der Waals surface area (Å²) in [6.45, 7) is 9.15. The van der Waals surface area contributed by atoms with E-state index in [0.29, 0.717) is 10.6 Å². The fraction of sp³-hybridized carbons (Fsp3) is 0.526. The molecule has 0 aromatic heterocycles. The lowest BCUT2D eigenvalue weighted by Gasteiger charge is -2.32. The van der Waals surface area contributed by atoms with E-state index in [1.807, 2.05) is 27.7 Å². The molecule has 27 heavy (non-hydrogen) atoms. The fourth-order valence-corrected chi connectivity index (χ4v) is 3.02. The zero-order chi connectivity index (χ0) is 20.7. The second-order valence-corrected chi connectivity index (χ2v) is 7.32. The van der Waals surface area contributed by atoms with E-state index < -0.39 is 24.1 Å². The number of halogens is 1. The van der Waals surface area contributed by atoms with Crippen molar-refractivity contribution in [2.45, 2.75) is 65.3 Å². The van der Waals surface area contributed by atoms with Gasteiger partial charge in [-0.25, -0.2) is 4.79 Å². The smallest absolute Gasteiger partial charge is 0.312 e. The summed E-state index contributed by atoms with van der Waals surface area (Å²) in [5.74, 6) is -0.878. The fourth-order valence-electron chi connectivity index (χ4n) is 2.90. The van der Waals surface area contributed by atoms with E-state index in [9.17, 15) is 14.4 Å². The van der Waals surface area contributed by atoms with Crippen LogP contribution in [0.5, 0.6) is 0 Å². The molecule has 0 aliphatic carbocycles. The maximum Gasteiger partial charge on any atom is 0.312 e. The molecule has 0 aliphatic rings. The molecule has 0 aliphatic heterocycles. The number of primary amides is 1. The third-order valence-electron chi connectivity index (χ3n) is 3.98. The van der Waals surface area contributed by atoms with Crippen LogP contribution in [-0.2, 0) is 14.3 Å². The van der Waals surface area contributed by atoms with Gasteiger partial charge in [0.25, 0.3) is 5.91 Å². The zero-order valence-electron chi connectivity index (χ0n) is 16.4. The van der Waals surface area contributed by atoms with Crippen LogP contribution in [0.2, 0.25) is 5.02 Å². The average molecular weight is 398 g/mol. The Morgan fingerprint density at radius 1 is 1.07 bits per heavy atom. The molecule has 0 radical (unpaired) electrons. The minimum atomic E-state index is -0.929. The number of urea groups is 1. The Bertz CT molecular complexity index is 653. The molecule has 1 aromatic carbocycles. The summed E-state index contributed by atoms with van der Waals surface area (Å²) in [5, 5.41) is 3.04. The van der Waals surface area contributed by atoms with Gasteiger partial charge < -0.3 is 20.7 Å². The number of carbonyl (C=O) groups is 3. The van der Waals surface area contributed by atoms with Crippen LogP contribution < -0.4 is 11.1 Å². The third-order valence-corrected chi connectivity index (χ3v) is 4.23. The Morgan fingerprint density at radius 2 is 1.59 bits per heavy atom. The van der Waals surface area contributed by atoms with Crippen molar-refractivity contribution in [2.24, 2.45) is 5.73 Å². The van der Waals surface area contributed by atoms with Crippen molar-refractivity contribution < 1.29 is 19.1 Å². The van der Waals surface area contributed by atoms with Gasteiger partial charge in [-0.2, -0.15) is 0 Å². The number of hydrogen-bond donors (Lipinski definition) is 2. The number of hydrogen-bond acceptors (Lipinski definition) is 4. The average Bonchev–Trinajstić information content (AvgIpc) is 2.53. The summed E-state index contributed by atoms with van der Waals surface area (Å²) >= 11 is 5.87. The zero-order valence-corrected chi connectivity index (χ0v) is 17.1. The SMILES string of the molecule is CC(C)N(C(=O)[C@H](C)OC(=O)C[C@@H](NC(N)=O)c1ccc(Cl)cc1)C(C)C. The lowest BCUT2D eigenvalue weighted by molar-refractivity contribution is -0.161. The molecule has 3 N–H and O–H groups in total. The summed E-state index contributed by atoms with van der Waals surface area (Å²) < 4.78 is 5.30. The molecule has 0 bridgehead atoms. The number of amides is 3. The summed E-state index contributed by atoms with van der Waals surface area (Å²) in [6, 6.07) is 5.18. The molecule has 0 spiro atoms. The van der Waals surface area contributed by atoms with Gasteiger partial charge in [-0.15, -0.1) is 0 Å². The molecular formula is C19H28ClN3O4. The van der Waals surface area contributed by atoms with Crippen molar-refractivity contribution in [2.75, 3.05) is 0 Å². The van der Waals surface area contributed by atoms with Crippen LogP contribution in [-0.4, -0.2) is 41.0 Å². The standard InChI is InChI=1S/C19H28ClN3O4/c1-11(2)23(12(3)4)18(25)13(5)27-17(24)10-16(22-19(21)26)14-6-8-15(20)9-7-14/h6-9,11-13,16H,10H2,1-5H3,(H3,21,22,26)/t13-,16+/m0/s1. The molecule has 0 fully saturated rings. The molecule has 8 heteroatoms. The van der Waals surface area contributed by atoms with Crippen molar-refractivity contribution in [3.8, 4) is 0 Å². The predicted octanol–water partition coefficient (Wildman–Crippen LogP) is 3.02. The molecule has 7 nitrogen and oxygen atoms in total. The molecule has 0 heterocycles. The summed E-state index contributed by atoms with van der Waals surface area (Å²) in [5.41, 5.74) is 5.86. The topological polar surface area (TPSA) is 102 Å². The molecule has 1 aromatic rings. The highest BCUT2D eigenvalue weighted by atomic mass is 35.5. The maximum atomic E-state index is 12.6. The molecule has 0 unspecified atom stereocenters. The number of nitrogens with one attached hydrogen (secondary N) is 1. The van der Waals surface area contributed by atoms with Crippen molar-refractivity contribution in [3.05, 3.63) is 34.9 Å². The van der Waals surface area contributed by atoms with Gasteiger partial charge in [-0.3, -0.25) is 9.59 Å². The Kier molecular flexibility index (Phi) is 8.56. The Hall–Kier alpha value is -2.28. The highest BCUT2D eigenvalue weighted by molar-refractivity contribution is 6.30. The van der Waals surface area contributed by atoms with E-state index in [1.54, 1.807) is 29.2 Å². The molecule has 0 saturated carbocycles. The van der Waals surface area contributed by atoms with Crippen molar-refractivity contribution in [3.63, 3.8) is 0 Å². The van der Waals surface area contributed by atoms with Gasteiger partial charge >= 0.3 is 12.0 Å². The predicted molar refractivity (Wildman–Crippen MR) is 104 cm³/mol. The van der Waals surface area contributed by atoms with Gasteiger partial charge in [0.1, 0.15) is 0 Å². The number of benzene rings is 1. The van der Waals surface area contributed by atoms with Crippen LogP contribution >= 0.6 is 11.6 Å². The first-order valence-electron chi connectivity index (χ1n) is 8.86. The van der Waals surface area contributed by atoms with E-state index in [2.05, 4.69) is 5.32 Å². The number of esters is 1. The van der Waals surface area contributed by atoms with E-state index >= 15 is 0 Å². The molecule has 1 rings (SSSR count). The van der Waals surface area contributed by atoms with Crippen LogP contribution in [0, 0.1) is 0 Å². The lowest BCUT2D eigenvalue weighted by atomic mass is 10.0.